The molecule has 8 heteroatoms. The SMILES string of the molecule is CCc1cc(C(C)(C)C)cc(Cc2cc(C(C)(C)C)cc(Cc3cc(C(C)(C)C)cc(Cc4cc(C(C)(C)C)ccc4OCCCC#N)c3OCCCC#N)c2OCCCC#N)c1OCCCC#N. The van der Waals surface area contributed by atoms with Crippen molar-refractivity contribution < 1.29 is 18.9 Å². The van der Waals surface area contributed by atoms with Gasteiger partial charge in [0.1, 0.15) is 23.0 Å². The fourth-order valence-electron chi connectivity index (χ4n) is 8.29. The lowest BCUT2D eigenvalue weighted by atomic mass is 9.80. The fraction of sp³-hybridized carbons (Fsp3) is 0.541. The molecule has 69 heavy (non-hydrogen) atoms. The molecule has 4 rings (SSSR count). The van der Waals surface area contributed by atoms with Gasteiger partial charge in [-0.3, -0.25) is 0 Å². The summed E-state index contributed by atoms with van der Waals surface area (Å²) in [4.78, 5) is 0. The number of hydrogen-bond acceptors (Lipinski definition) is 8. The van der Waals surface area contributed by atoms with Gasteiger partial charge in [0.15, 0.2) is 0 Å². The van der Waals surface area contributed by atoms with Crippen molar-refractivity contribution in [2.75, 3.05) is 26.4 Å². The van der Waals surface area contributed by atoms with Crippen LogP contribution >= 0.6 is 0 Å². The first-order valence-corrected chi connectivity index (χ1v) is 25.2. The molecule has 4 aromatic rings. The second-order valence-corrected chi connectivity index (χ2v) is 22.5. The van der Waals surface area contributed by atoms with E-state index in [-0.39, 0.29) is 21.7 Å². The Hall–Kier alpha value is -5.96. The number of nitrogens with zero attached hydrogens (tertiary/aromatic N) is 4. The van der Waals surface area contributed by atoms with Crippen molar-refractivity contribution in [2.24, 2.45) is 0 Å². The summed E-state index contributed by atoms with van der Waals surface area (Å²) in [5, 5.41) is 37.7. The van der Waals surface area contributed by atoms with Gasteiger partial charge in [-0.1, -0.05) is 139 Å². The Morgan fingerprint density at radius 2 is 0.638 bits per heavy atom. The monoisotopic (exact) mass is 933 g/mol. The molecule has 0 aliphatic heterocycles. The molecular weight excluding hydrogens is 853 g/mol. The van der Waals surface area contributed by atoms with Gasteiger partial charge in [-0.25, -0.2) is 0 Å². The van der Waals surface area contributed by atoms with Gasteiger partial charge < -0.3 is 18.9 Å². The van der Waals surface area contributed by atoms with Crippen molar-refractivity contribution in [3.63, 3.8) is 0 Å². The average molecular weight is 933 g/mol. The van der Waals surface area contributed by atoms with Gasteiger partial charge in [0.05, 0.1) is 50.7 Å². The molecule has 0 saturated carbocycles. The second kappa shape index (κ2) is 25.1. The standard InChI is InChI=1S/C61H80N4O4/c1-14-43-36-51(59(5,6)7)39-46(55(43)67-30-20-16-26-63)34-47-40-53(61(11,12)13)42-49(57(47)69-32-22-18-28-65)35-48-41-52(60(8,9)10)38-45(56(48)68-31-21-17-27-64)33-44-37-50(58(2,3)4)23-24-54(44)66-29-19-15-25-62/h23-24,36-42H,14-22,29-35H2,1-13H3. The van der Waals surface area contributed by atoms with E-state index in [9.17, 15) is 21.0 Å². The summed E-state index contributed by atoms with van der Waals surface area (Å²) < 4.78 is 26.9. The normalized spacial score (nSPS) is 11.8. The zero-order chi connectivity index (χ0) is 51.0. The number of ether oxygens (including phenoxy) is 4. The molecule has 0 aromatic heterocycles. The third-order valence-electron chi connectivity index (χ3n) is 12.5. The Morgan fingerprint density at radius 3 is 0.942 bits per heavy atom. The van der Waals surface area contributed by atoms with Crippen molar-refractivity contribution in [1.82, 2.24) is 0 Å². The first-order chi connectivity index (χ1) is 32.5. The lowest BCUT2D eigenvalue weighted by Gasteiger charge is -2.28. The highest BCUT2D eigenvalue weighted by atomic mass is 16.5. The quantitative estimate of drug-likeness (QED) is 0.0672. The van der Waals surface area contributed by atoms with Crippen LogP contribution in [0.4, 0.5) is 0 Å². The zero-order valence-corrected chi connectivity index (χ0v) is 44.4. The molecule has 0 aliphatic carbocycles. The largest absolute Gasteiger partial charge is 0.493 e. The maximum Gasteiger partial charge on any atom is 0.126 e. The summed E-state index contributed by atoms with van der Waals surface area (Å²) in [6.45, 7) is 30.7. The molecule has 4 aromatic carbocycles. The van der Waals surface area contributed by atoms with Crippen LogP contribution in [-0.4, -0.2) is 26.4 Å². The van der Waals surface area contributed by atoms with Crippen molar-refractivity contribution in [3.05, 3.63) is 116 Å². The third kappa shape index (κ3) is 16.3. The minimum atomic E-state index is -0.210. The van der Waals surface area contributed by atoms with Crippen LogP contribution in [0.25, 0.3) is 0 Å². The third-order valence-corrected chi connectivity index (χ3v) is 12.5. The summed E-state index contributed by atoms with van der Waals surface area (Å²) >= 11 is 0. The topological polar surface area (TPSA) is 132 Å². The summed E-state index contributed by atoms with van der Waals surface area (Å²) in [5.41, 5.74) is 11.6. The number of benzene rings is 4. The molecule has 0 unspecified atom stereocenters. The lowest BCUT2D eigenvalue weighted by molar-refractivity contribution is 0.301. The van der Waals surface area contributed by atoms with Crippen LogP contribution in [0, 0.1) is 45.3 Å². The summed E-state index contributed by atoms with van der Waals surface area (Å²) in [6.07, 6.45) is 6.51. The van der Waals surface area contributed by atoms with E-state index in [1.165, 1.54) is 22.3 Å². The van der Waals surface area contributed by atoms with E-state index < -0.39 is 0 Å². The molecule has 8 nitrogen and oxygen atoms in total. The molecule has 0 saturated heterocycles. The maximum atomic E-state index is 9.57. The molecule has 0 radical (unpaired) electrons. The molecule has 0 heterocycles. The Bertz CT molecular complexity index is 2520. The van der Waals surface area contributed by atoms with Crippen molar-refractivity contribution in [1.29, 1.82) is 21.0 Å². The average Bonchev–Trinajstić information content (AvgIpc) is 3.27. The first kappa shape index (κ1) is 55.6. The highest BCUT2D eigenvalue weighted by Crippen LogP contribution is 2.42. The van der Waals surface area contributed by atoms with Crippen LogP contribution in [0.15, 0.2) is 54.6 Å². The maximum absolute atomic E-state index is 9.57. The Labute approximate surface area is 416 Å². The summed E-state index contributed by atoms with van der Waals surface area (Å²) in [6, 6.07) is 29.3. The molecule has 0 fully saturated rings. The van der Waals surface area contributed by atoms with E-state index in [1.807, 2.05) is 0 Å². The second-order valence-electron chi connectivity index (χ2n) is 22.5. The highest BCUT2D eigenvalue weighted by Gasteiger charge is 2.27. The molecule has 0 amide bonds. The molecular formula is C61H80N4O4. The summed E-state index contributed by atoms with van der Waals surface area (Å²) in [7, 11) is 0. The van der Waals surface area contributed by atoms with Gasteiger partial charge in [-0.2, -0.15) is 21.0 Å². The Balaban J connectivity index is 2.07. The van der Waals surface area contributed by atoms with E-state index in [4.69, 9.17) is 18.9 Å². The molecule has 0 bridgehead atoms. The summed E-state index contributed by atoms with van der Waals surface area (Å²) in [5.74, 6) is 3.28. The van der Waals surface area contributed by atoms with Crippen molar-refractivity contribution in [2.45, 2.75) is 189 Å². The molecule has 0 aliphatic rings. The number of aryl methyl sites for hydroxylation is 1. The van der Waals surface area contributed by atoms with Crippen LogP contribution in [0.5, 0.6) is 23.0 Å². The van der Waals surface area contributed by atoms with Gasteiger partial charge in [0, 0.05) is 44.9 Å². The van der Waals surface area contributed by atoms with Gasteiger partial charge in [-0.05, 0) is 121 Å². The Morgan fingerprint density at radius 1 is 0.362 bits per heavy atom. The van der Waals surface area contributed by atoms with Crippen LogP contribution in [0.2, 0.25) is 0 Å². The van der Waals surface area contributed by atoms with Crippen LogP contribution in [-0.2, 0) is 47.3 Å². The zero-order valence-electron chi connectivity index (χ0n) is 44.4. The van der Waals surface area contributed by atoms with Gasteiger partial charge >= 0.3 is 0 Å². The van der Waals surface area contributed by atoms with Gasteiger partial charge in [0.2, 0.25) is 0 Å². The van der Waals surface area contributed by atoms with Gasteiger partial charge in [-0.15, -0.1) is 0 Å². The molecule has 368 valence electrons. The predicted octanol–water partition coefficient (Wildman–Crippen LogP) is 14.9. The number of hydrogen-bond donors (Lipinski definition) is 0. The van der Waals surface area contributed by atoms with Crippen molar-refractivity contribution in [3.8, 4) is 47.3 Å². The lowest BCUT2D eigenvalue weighted by Crippen LogP contribution is -2.17. The van der Waals surface area contributed by atoms with Crippen LogP contribution < -0.4 is 18.9 Å². The van der Waals surface area contributed by atoms with Crippen LogP contribution in [0.1, 0.15) is 203 Å². The molecule has 0 N–H and O–H groups in total. The molecule has 0 atom stereocenters. The number of nitriles is 4. The van der Waals surface area contributed by atoms with Crippen molar-refractivity contribution >= 4 is 0 Å². The highest BCUT2D eigenvalue weighted by molar-refractivity contribution is 5.57. The smallest absolute Gasteiger partial charge is 0.126 e. The predicted molar refractivity (Wildman–Crippen MR) is 280 cm³/mol. The molecule has 0 spiro atoms. The number of unbranched alkanes of at least 4 members (excludes halogenated alkanes) is 4. The van der Waals surface area contributed by atoms with E-state index in [1.54, 1.807) is 0 Å². The van der Waals surface area contributed by atoms with E-state index >= 15 is 0 Å². The minimum absolute atomic E-state index is 0.0982. The first-order valence-electron chi connectivity index (χ1n) is 25.2. The Kier molecular flexibility index (Phi) is 20.2. The van der Waals surface area contributed by atoms with E-state index in [2.05, 4.69) is 169 Å². The van der Waals surface area contributed by atoms with E-state index in [0.29, 0.717) is 97.1 Å². The van der Waals surface area contributed by atoms with E-state index in [0.717, 1.165) is 68.4 Å². The van der Waals surface area contributed by atoms with Crippen LogP contribution in [0.3, 0.4) is 0 Å². The number of rotatable bonds is 23. The van der Waals surface area contributed by atoms with Gasteiger partial charge in [0.25, 0.3) is 0 Å². The fourth-order valence-corrected chi connectivity index (χ4v) is 8.29. The minimum Gasteiger partial charge on any atom is -0.493 e.